The van der Waals surface area contributed by atoms with Crippen molar-refractivity contribution in [1.29, 1.82) is 5.26 Å². The van der Waals surface area contributed by atoms with E-state index in [2.05, 4.69) is 11.4 Å². The average molecular weight is 332 g/mol. The standard InChI is InChI=1S/C18H25N3OS/c19-12-15-14-8-4-3-5-9-16(14)23-18(15)20-17(22)13-21-10-6-1-2-7-11-21/h1-11,13H2,(H,20,22)/p+1. The second kappa shape index (κ2) is 7.94. The molecule has 1 aromatic heterocycles. The summed E-state index contributed by atoms with van der Waals surface area (Å²) in [6.45, 7) is 2.73. The van der Waals surface area contributed by atoms with Crippen molar-refractivity contribution in [1.82, 2.24) is 0 Å². The number of amides is 1. The molecule has 23 heavy (non-hydrogen) atoms. The van der Waals surface area contributed by atoms with Gasteiger partial charge < -0.3 is 10.2 Å². The third kappa shape index (κ3) is 4.13. The first-order chi connectivity index (χ1) is 11.3. The van der Waals surface area contributed by atoms with Crippen molar-refractivity contribution < 1.29 is 9.69 Å². The molecule has 3 rings (SSSR count). The van der Waals surface area contributed by atoms with E-state index in [4.69, 9.17) is 0 Å². The Morgan fingerprint density at radius 2 is 1.78 bits per heavy atom. The normalized spacial score (nSPS) is 19.3. The van der Waals surface area contributed by atoms with Gasteiger partial charge in [-0.15, -0.1) is 11.3 Å². The number of carbonyl (C=O) groups excluding carboxylic acids is 1. The van der Waals surface area contributed by atoms with Crippen LogP contribution in [0.25, 0.3) is 0 Å². The summed E-state index contributed by atoms with van der Waals surface area (Å²) < 4.78 is 0. The highest BCUT2D eigenvalue weighted by Crippen LogP contribution is 2.36. The van der Waals surface area contributed by atoms with Crippen LogP contribution in [0.4, 0.5) is 5.00 Å². The number of hydrogen-bond donors (Lipinski definition) is 2. The van der Waals surface area contributed by atoms with Crippen LogP contribution in [0, 0.1) is 11.3 Å². The number of thiophene rings is 1. The van der Waals surface area contributed by atoms with Crippen LogP contribution in [0.5, 0.6) is 0 Å². The maximum absolute atomic E-state index is 12.4. The average Bonchev–Trinajstić information content (AvgIpc) is 2.75. The highest BCUT2D eigenvalue weighted by molar-refractivity contribution is 7.16. The van der Waals surface area contributed by atoms with E-state index in [-0.39, 0.29) is 5.91 Å². The Balaban J connectivity index is 1.67. The molecule has 1 saturated heterocycles. The molecule has 2 aliphatic rings. The molecule has 1 amide bonds. The summed E-state index contributed by atoms with van der Waals surface area (Å²) in [5, 5.41) is 13.4. The van der Waals surface area contributed by atoms with Gasteiger partial charge in [-0.05, 0) is 56.9 Å². The lowest BCUT2D eigenvalue weighted by atomic mass is 10.1. The molecule has 1 aliphatic heterocycles. The molecule has 1 fully saturated rings. The molecule has 1 aliphatic carbocycles. The largest absolute Gasteiger partial charge is 0.327 e. The van der Waals surface area contributed by atoms with Gasteiger partial charge in [-0.3, -0.25) is 4.79 Å². The summed E-state index contributed by atoms with van der Waals surface area (Å²) in [5.41, 5.74) is 1.93. The van der Waals surface area contributed by atoms with Gasteiger partial charge in [0, 0.05) is 4.88 Å². The second-order valence-electron chi connectivity index (χ2n) is 6.77. The smallest absolute Gasteiger partial charge is 0.280 e. The number of hydrogen-bond acceptors (Lipinski definition) is 3. The zero-order valence-corrected chi connectivity index (χ0v) is 14.6. The van der Waals surface area contributed by atoms with E-state index >= 15 is 0 Å². The zero-order chi connectivity index (χ0) is 16.1. The molecule has 0 aromatic carbocycles. The Labute approximate surface area is 142 Å². The molecule has 0 spiro atoms. The second-order valence-corrected chi connectivity index (χ2v) is 7.87. The van der Waals surface area contributed by atoms with Crippen molar-refractivity contribution in [3.63, 3.8) is 0 Å². The van der Waals surface area contributed by atoms with E-state index < -0.39 is 0 Å². The van der Waals surface area contributed by atoms with Crippen molar-refractivity contribution in [2.75, 3.05) is 25.0 Å². The summed E-state index contributed by atoms with van der Waals surface area (Å²) in [7, 11) is 0. The molecule has 0 unspecified atom stereocenters. The number of quaternary nitrogens is 1. The van der Waals surface area contributed by atoms with Crippen LogP contribution in [0.3, 0.4) is 0 Å². The number of fused-ring (bicyclic) bond motifs is 1. The summed E-state index contributed by atoms with van der Waals surface area (Å²) in [4.78, 5) is 15.1. The van der Waals surface area contributed by atoms with Crippen molar-refractivity contribution >= 4 is 22.2 Å². The zero-order valence-electron chi connectivity index (χ0n) is 13.7. The predicted octanol–water partition coefficient (Wildman–Crippen LogP) is 2.29. The third-order valence-corrected chi connectivity index (χ3v) is 6.21. The predicted molar refractivity (Wildman–Crippen MR) is 93.0 cm³/mol. The fourth-order valence-corrected chi connectivity index (χ4v) is 5.01. The molecule has 0 bridgehead atoms. The van der Waals surface area contributed by atoms with Gasteiger partial charge in [0.2, 0.25) is 0 Å². The van der Waals surface area contributed by atoms with Gasteiger partial charge in [0.05, 0.1) is 18.7 Å². The highest BCUT2D eigenvalue weighted by Gasteiger charge is 2.22. The molecular formula is C18H26N3OS+. The molecule has 5 heteroatoms. The first kappa shape index (κ1) is 16.5. The topological polar surface area (TPSA) is 57.3 Å². The SMILES string of the molecule is N#Cc1c(NC(=O)C[NH+]2CCCCCC2)sc2c1CCCCC2. The van der Waals surface area contributed by atoms with Crippen LogP contribution in [0.2, 0.25) is 0 Å². The number of likely N-dealkylation sites (tertiary alicyclic amines) is 1. The Bertz CT molecular complexity index is 594. The van der Waals surface area contributed by atoms with E-state index in [1.807, 2.05) is 0 Å². The summed E-state index contributed by atoms with van der Waals surface area (Å²) in [6.07, 6.45) is 10.7. The molecule has 0 atom stereocenters. The maximum atomic E-state index is 12.4. The number of carbonyl (C=O) groups is 1. The van der Waals surface area contributed by atoms with Gasteiger partial charge in [-0.2, -0.15) is 5.26 Å². The van der Waals surface area contributed by atoms with Gasteiger partial charge in [-0.1, -0.05) is 6.42 Å². The number of rotatable bonds is 3. The van der Waals surface area contributed by atoms with Crippen molar-refractivity contribution in [2.24, 2.45) is 0 Å². The van der Waals surface area contributed by atoms with Gasteiger partial charge in [0.25, 0.3) is 5.91 Å². The first-order valence-electron chi connectivity index (χ1n) is 8.96. The minimum absolute atomic E-state index is 0.0646. The Kier molecular flexibility index (Phi) is 5.69. The van der Waals surface area contributed by atoms with Crippen LogP contribution in [-0.4, -0.2) is 25.5 Å². The third-order valence-electron chi connectivity index (χ3n) is 5.01. The molecule has 0 radical (unpaired) electrons. The monoisotopic (exact) mass is 332 g/mol. The lowest BCUT2D eigenvalue weighted by Gasteiger charge is -2.16. The number of aryl methyl sites for hydroxylation is 1. The first-order valence-corrected chi connectivity index (χ1v) is 9.77. The van der Waals surface area contributed by atoms with E-state index in [0.717, 1.165) is 42.9 Å². The molecule has 124 valence electrons. The van der Waals surface area contributed by atoms with Crippen LogP contribution in [-0.2, 0) is 17.6 Å². The Hall–Kier alpha value is -1.38. The molecule has 4 nitrogen and oxygen atoms in total. The van der Waals surface area contributed by atoms with Crippen LogP contribution in [0.1, 0.15) is 60.9 Å². The van der Waals surface area contributed by atoms with E-state index in [1.54, 1.807) is 11.3 Å². The van der Waals surface area contributed by atoms with E-state index in [0.29, 0.717) is 6.54 Å². The summed E-state index contributed by atoms with van der Waals surface area (Å²) in [6, 6.07) is 2.34. The number of nitriles is 1. The number of anilines is 1. The lowest BCUT2D eigenvalue weighted by Crippen LogP contribution is -3.12. The van der Waals surface area contributed by atoms with Crippen LogP contribution >= 0.6 is 11.3 Å². The lowest BCUT2D eigenvalue weighted by molar-refractivity contribution is -0.890. The summed E-state index contributed by atoms with van der Waals surface area (Å²) in [5.74, 6) is 0.0646. The number of nitrogens with zero attached hydrogens (tertiary/aromatic N) is 1. The molecule has 2 N–H and O–H groups in total. The Morgan fingerprint density at radius 1 is 1.09 bits per heavy atom. The quantitative estimate of drug-likeness (QED) is 0.835. The summed E-state index contributed by atoms with van der Waals surface area (Å²) >= 11 is 1.63. The van der Waals surface area contributed by atoms with Gasteiger partial charge >= 0.3 is 0 Å². The fraction of sp³-hybridized carbons (Fsp3) is 0.667. The van der Waals surface area contributed by atoms with E-state index in [9.17, 15) is 10.1 Å². The fourth-order valence-electron chi connectivity index (χ4n) is 3.75. The van der Waals surface area contributed by atoms with Crippen molar-refractivity contribution in [3.8, 4) is 6.07 Å². The molecule has 1 aromatic rings. The maximum Gasteiger partial charge on any atom is 0.280 e. The van der Waals surface area contributed by atoms with Crippen molar-refractivity contribution in [3.05, 3.63) is 16.0 Å². The number of nitrogens with one attached hydrogen (secondary N) is 2. The van der Waals surface area contributed by atoms with Crippen molar-refractivity contribution in [2.45, 2.75) is 57.8 Å². The van der Waals surface area contributed by atoms with Gasteiger partial charge in [0.1, 0.15) is 11.1 Å². The minimum Gasteiger partial charge on any atom is -0.327 e. The van der Waals surface area contributed by atoms with Gasteiger partial charge in [-0.25, -0.2) is 0 Å². The van der Waals surface area contributed by atoms with Crippen LogP contribution < -0.4 is 10.2 Å². The molecular weight excluding hydrogens is 306 g/mol. The molecule has 0 saturated carbocycles. The van der Waals surface area contributed by atoms with Crippen LogP contribution in [0.15, 0.2) is 0 Å². The highest BCUT2D eigenvalue weighted by atomic mass is 32.1. The van der Waals surface area contributed by atoms with Gasteiger partial charge in [0.15, 0.2) is 6.54 Å². The minimum atomic E-state index is 0.0646. The Morgan fingerprint density at radius 3 is 2.52 bits per heavy atom. The molecule has 2 heterocycles. The van der Waals surface area contributed by atoms with E-state index in [1.165, 1.54) is 53.9 Å².